The highest BCUT2D eigenvalue weighted by molar-refractivity contribution is 5.46. The largest absolute Gasteiger partial charge is 0.375 e. The minimum Gasteiger partial charge on any atom is -0.375 e. The monoisotopic (exact) mass is 206 g/mol. The fraction of sp³-hybridized carbons (Fsp3) is 0.538. The maximum absolute atomic E-state index is 3.32. The van der Waals surface area contributed by atoms with Crippen molar-refractivity contribution in [3.05, 3.63) is 29.8 Å². The fourth-order valence-electron chi connectivity index (χ4n) is 1.60. The lowest BCUT2D eigenvalue weighted by Crippen LogP contribution is -2.17. The standard InChI is InChI=1S/C13H22N2/c1-4-10-15(3)13-8-6-12(7-9-13)11-14-5-2/h6-9,14H,4-5,10-11H2,1-3H3. The molecule has 0 saturated carbocycles. The molecule has 0 aliphatic heterocycles. The van der Waals surface area contributed by atoms with Crippen molar-refractivity contribution in [3.63, 3.8) is 0 Å². The molecule has 0 bridgehead atoms. The average Bonchev–Trinajstić information content (AvgIpc) is 2.27. The minimum atomic E-state index is 0.967. The summed E-state index contributed by atoms with van der Waals surface area (Å²) in [5.74, 6) is 0. The van der Waals surface area contributed by atoms with Crippen LogP contribution >= 0.6 is 0 Å². The Balaban J connectivity index is 2.55. The van der Waals surface area contributed by atoms with E-state index in [1.807, 2.05) is 0 Å². The van der Waals surface area contributed by atoms with Gasteiger partial charge in [0.2, 0.25) is 0 Å². The molecule has 1 aromatic rings. The third-order valence-corrected chi connectivity index (χ3v) is 2.52. The normalized spacial score (nSPS) is 10.3. The van der Waals surface area contributed by atoms with E-state index in [0.717, 1.165) is 19.6 Å². The molecule has 0 atom stereocenters. The van der Waals surface area contributed by atoms with Crippen molar-refractivity contribution in [3.8, 4) is 0 Å². The van der Waals surface area contributed by atoms with E-state index >= 15 is 0 Å². The van der Waals surface area contributed by atoms with Crippen LogP contribution in [0.5, 0.6) is 0 Å². The summed E-state index contributed by atoms with van der Waals surface area (Å²) < 4.78 is 0. The molecule has 1 N–H and O–H groups in total. The van der Waals surface area contributed by atoms with Gasteiger partial charge in [-0.25, -0.2) is 0 Å². The van der Waals surface area contributed by atoms with E-state index in [1.165, 1.54) is 17.7 Å². The zero-order valence-electron chi connectivity index (χ0n) is 10.1. The smallest absolute Gasteiger partial charge is 0.0363 e. The Morgan fingerprint density at radius 1 is 1.13 bits per heavy atom. The molecule has 0 aromatic heterocycles. The molecule has 0 amide bonds. The molecule has 0 aliphatic rings. The highest BCUT2D eigenvalue weighted by Crippen LogP contribution is 2.13. The summed E-state index contributed by atoms with van der Waals surface area (Å²) in [6, 6.07) is 8.79. The highest BCUT2D eigenvalue weighted by atomic mass is 15.1. The van der Waals surface area contributed by atoms with Gasteiger partial charge in [0.15, 0.2) is 0 Å². The zero-order chi connectivity index (χ0) is 11.1. The molecule has 2 heteroatoms. The topological polar surface area (TPSA) is 15.3 Å². The van der Waals surface area contributed by atoms with Gasteiger partial charge in [-0.1, -0.05) is 26.0 Å². The van der Waals surface area contributed by atoms with Crippen LogP contribution in [0.3, 0.4) is 0 Å². The van der Waals surface area contributed by atoms with Crippen LogP contribution in [0.15, 0.2) is 24.3 Å². The Labute approximate surface area is 93.3 Å². The van der Waals surface area contributed by atoms with Gasteiger partial charge >= 0.3 is 0 Å². The van der Waals surface area contributed by atoms with E-state index in [1.54, 1.807) is 0 Å². The van der Waals surface area contributed by atoms with Gasteiger partial charge in [0.05, 0.1) is 0 Å². The zero-order valence-corrected chi connectivity index (χ0v) is 10.1. The van der Waals surface area contributed by atoms with Gasteiger partial charge in [-0.05, 0) is 30.7 Å². The first kappa shape index (κ1) is 12.1. The second-order valence-corrected chi connectivity index (χ2v) is 3.87. The second-order valence-electron chi connectivity index (χ2n) is 3.87. The number of benzene rings is 1. The lowest BCUT2D eigenvalue weighted by Gasteiger charge is -2.18. The predicted octanol–water partition coefficient (Wildman–Crippen LogP) is 2.64. The van der Waals surface area contributed by atoms with Gasteiger partial charge in [0.1, 0.15) is 0 Å². The van der Waals surface area contributed by atoms with Crippen LogP contribution in [-0.2, 0) is 6.54 Å². The quantitative estimate of drug-likeness (QED) is 0.769. The van der Waals surface area contributed by atoms with Crippen LogP contribution in [-0.4, -0.2) is 20.1 Å². The molecule has 0 saturated heterocycles. The average molecular weight is 206 g/mol. The van der Waals surface area contributed by atoms with Crippen molar-refractivity contribution >= 4 is 5.69 Å². The SMILES string of the molecule is CCCN(C)c1ccc(CNCC)cc1. The van der Waals surface area contributed by atoms with Crippen LogP contribution in [0.25, 0.3) is 0 Å². The summed E-state index contributed by atoms with van der Waals surface area (Å²) in [5.41, 5.74) is 2.66. The van der Waals surface area contributed by atoms with Crippen molar-refractivity contribution in [1.29, 1.82) is 0 Å². The molecule has 1 aromatic carbocycles. The van der Waals surface area contributed by atoms with E-state index in [9.17, 15) is 0 Å². The summed E-state index contributed by atoms with van der Waals surface area (Å²) in [7, 11) is 2.14. The van der Waals surface area contributed by atoms with Crippen molar-refractivity contribution in [1.82, 2.24) is 5.32 Å². The van der Waals surface area contributed by atoms with Gasteiger partial charge in [0, 0.05) is 25.8 Å². The van der Waals surface area contributed by atoms with Crippen molar-refractivity contribution < 1.29 is 0 Å². The van der Waals surface area contributed by atoms with Gasteiger partial charge in [0.25, 0.3) is 0 Å². The lowest BCUT2D eigenvalue weighted by molar-refractivity contribution is 0.726. The van der Waals surface area contributed by atoms with Gasteiger partial charge in [-0.3, -0.25) is 0 Å². The molecule has 1 rings (SSSR count). The number of nitrogens with zero attached hydrogens (tertiary/aromatic N) is 1. The third-order valence-electron chi connectivity index (χ3n) is 2.52. The lowest BCUT2D eigenvalue weighted by atomic mass is 10.2. The first-order valence-electron chi connectivity index (χ1n) is 5.78. The molecule has 0 unspecified atom stereocenters. The number of hydrogen-bond donors (Lipinski definition) is 1. The summed E-state index contributed by atoms with van der Waals surface area (Å²) in [6.07, 6.45) is 1.19. The Kier molecular flexibility index (Phi) is 5.19. The maximum atomic E-state index is 3.32. The first-order valence-corrected chi connectivity index (χ1v) is 5.78. The summed E-state index contributed by atoms with van der Waals surface area (Å²) in [6.45, 7) is 7.44. The van der Waals surface area contributed by atoms with E-state index in [0.29, 0.717) is 0 Å². The summed E-state index contributed by atoms with van der Waals surface area (Å²) in [5, 5.41) is 3.32. The van der Waals surface area contributed by atoms with E-state index in [2.05, 4.69) is 55.4 Å². The fourth-order valence-corrected chi connectivity index (χ4v) is 1.60. The molecule has 0 spiro atoms. The van der Waals surface area contributed by atoms with Crippen LogP contribution < -0.4 is 10.2 Å². The van der Waals surface area contributed by atoms with Crippen molar-refractivity contribution in [2.24, 2.45) is 0 Å². The van der Waals surface area contributed by atoms with Crippen molar-refractivity contribution in [2.75, 3.05) is 25.0 Å². The molecular formula is C13H22N2. The minimum absolute atomic E-state index is 0.967. The number of nitrogens with one attached hydrogen (secondary N) is 1. The van der Waals surface area contributed by atoms with Crippen molar-refractivity contribution in [2.45, 2.75) is 26.8 Å². The third kappa shape index (κ3) is 3.92. The first-order chi connectivity index (χ1) is 7.27. The van der Waals surface area contributed by atoms with Gasteiger partial charge in [-0.15, -0.1) is 0 Å². The number of rotatable bonds is 6. The summed E-state index contributed by atoms with van der Waals surface area (Å²) in [4.78, 5) is 2.29. The van der Waals surface area contributed by atoms with Crippen LogP contribution in [0.4, 0.5) is 5.69 Å². The van der Waals surface area contributed by atoms with Crippen LogP contribution in [0.2, 0.25) is 0 Å². The van der Waals surface area contributed by atoms with E-state index < -0.39 is 0 Å². The molecule has 0 radical (unpaired) electrons. The van der Waals surface area contributed by atoms with E-state index in [4.69, 9.17) is 0 Å². The molecule has 84 valence electrons. The van der Waals surface area contributed by atoms with Gasteiger partial charge < -0.3 is 10.2 Å². The molecule has 15 heavy (non-hydrogen) atoms. The summed E-state index contributed by atoms with van der Waals surface area (Å²) >= 11 is 0. The van der Waals surface area contributed by atoms with Gasteiger partial charge in [-0.2, -0.15) is 0 Å². The number of hydrogen-bond acceptors (Lipinski definition) is 2. The van der Waals surface area contributed by atoms with Crippen LogP contribution in [0, 0.1) is 0 Å². The Bertz CT molecular complexity index is 266. The second kappa shape index (κ2) is 6.46. The molecule has 0 heterocycles. The van der Waals surface area contributed by atoms with E-state index in [-0.39, 0.29) is 0 Å². The molecule has 2 nitrogen and oxygen atoms in total. The Hall–Kier alpha value is -1.02. The van der Waals surface area contributed by atoms with Crippen LogP contribution in [0.1, 0.15) is 25.8 Å². The molecule has 0 aliphatic carbocycles. The Morgan fingerprint density at radius 2 is 1.80 bits per heavy atom. The molecule has 0 fully saturated rings. The maximum Gasteiger partial charge on any atom is 0.0363 e. The number of anilines is 1. The Morgan fingerprint density at radius 3 is 2.33 bits per heavy atom. The predicted molar refractivity (Wildman–Crippen MR) is 67.4 cm³/mol. The molecular weight excluding hydrogens is 184 g/mol. The highest BCUT2D eigenvalue weighted by Gasteiger charge is 1.98.